The molecule has 0 aromatic heterocycles. The molecule has 5 nitrogen and oxygen atoms in total. The minimum absolute atomic E-state index is 0.202. The monoisotopic (exact) mass is 314 g/mol. The van der Waals surface area contributed by atoms with Gasteiger partial charge in [0.05, 0.1) is 0 Å². The number of hydrogen-bond acceptors (Lipinski definition) is 3. The van der Waals surface area contributed by atoms with Gasteiger partial charge in [0.25, 0.3) is 5.91 Å². The highest BCUT2D eigenvalue weighted by molar-refractivity contribution is 6.30. The molecule has 22 heavy (non-hydrogen) atoms. The molecule has 0 unspecified atom stereocenters. The highest BCUT2D eigenvalue weighted by Crippen LogP contribution is 2.24. The molecule has 1 heterocycles. The van der Waals surface area contributed by atoms with Gasteiger partial charge in [0.1, 0.15) is 17.2 Å². The van der Waals surface area contributed by atoms with E-state index in [1.807, 2.05) is 0 Å². The van der Waals surface area contributed by atoms with Crippen LogP contribution in [0.15, 0.2) is 54.2 Å². The van der Waals surface area contributed by atoms with Gasteiger partial charge in [-0.15, -0.1) is 0 Å². The first-order chi connectivity index (χ1) is 10.6. The number of rotatable bonds is 3. The lowest BCUT2D eigenvalue weighted by Crippen LogP contribution is -2.22. The number of imide groups is 1. The van der Waals surface area contributed by atoms with Crippen LogP contribution in [0, 0.1) is 0 Å². The molecule has 1 aliphatic heterocycles. The molecule has 0 bridgehead atoms. The van der Waals surface area contributed by atoms with Crippen LogP contribution >= 0.6 is 11.6 Å². The molecule has 6 heteroatoms. The van der Waals surface area contributed by atoms with Crippen molar-refractivity contribution in [1.29, 1.82) is 0 Å². The topological polar surface area (TPSA) is 67.4 Å². The van der Waals surface area contributed by atoms with Gasteiger partial charge in [0.15, 0.2) is 0 Å². The number of urea groups is 1. The first-order valence-electron chi connectivity index (χ1n) is 6.48. The fourth-order valence-electron chi connectivity index (χ4n) is 1.96. The minimum atomic E-state index is -0.523. The largest absolute Gasteiger partial charge is 0.457 e. The van der Waals surface area contributed by atoms with Gasteiger partial charge in [0.2, 0.25) is 0 Å². The number of amides is 3. The van der Waals surface area contributed by atoms with Crippen LogP contribution in [0.2, 0.25) is 5.02 Å². The highest BCUT2D eigenvalue weighted by atomic mass is 35.5. The number of ether oxygens (including phenoxy) is 1. The van der Waals surface area contributed by atoms with Crippen molar-refractivity contribution in [1.82, 2.24) is 10.6 Å². The van der Waals surface area contributed by atoms with E-state index in [1.165, 1.54) is 0 Å². The number of carbonyl (C=O) groups excluding carboxylic acids is 2. The highest BCUT2D eigenvalue weighted by Gasteiger charge is 2.22. The molecule has 1 saturated heterocycles. The molecular weight excluding hydrogens is 304 g/mol. The SMILES string of the molecule is O=C1NC(=O)/C(=C\c2cccc(Oc3ccc(Cl)cc3)c2)N1. The van der Waals surface area contributed by atoms with Crippen molar-refractivity contribution in [2.24, 2.45) is 0 Å². The molecular formula is C16H11ClN2O3. The third kappa shape index (κ3) is 3.27. The predicted octanol–water partition coefficient (Wildman–Crippen LogP) is 3.31. The molecule has 0 atom stereocenters. The minimum Gasteiger partial charge on any atom is -0.457 e. The second kappa shape index (κ2) is 5.91. The van der Waals surface area contributed by atoms with Gasteiger partial charge in [-0.2, -0.15) is 0 Å². The number of hydrogen-bond donors (Lipinski definition) is 2. The maximum Gasteiger partial charge on any atom is 0.326 e. The van der Waals surface area contributed by atoms with E-state index in [9.17, 15) is 9.59 Å². The molecule has 0 radical (unpaired) electrons. The first-order valence-corrected chi connectivity index (χ1v) is 6.85. The van der Waals surface area contributed by atoms with Gasteiger partial charge in [-0.25, -0.2) is 4.79 Å². The van der Waals surface area contributed by atoms with Gasteiger partial charge >= 0.3 is 6.03 Å². The molecule has 0 spiro atoms. The summed E-state index contributed by atoms with van der Waals surface area (Å²) in [6.07, 6.45) is 1.58. The Hall–Kier alpha value is -2.79. The third-order valence-corrected chi connectivity index (χ3v) is 3.19. The normalized spacial score (nSPS) is 15.6. The van der Waals surface area contributed by atoms with Crippen LogP contribution in [0.1, 0.15) is 5.56 Å². The fourth-order valence-corrected chi connectivity index (χ4v) is 2.08. The van der Waals surface area contributed by atoms with Gasteiger partial charge in [0, 0.05) is 5.02 Å². The standard InChI is InChI=1S/C16H11ClN2O3/c17-11-4-6-12(7-5-11)22-13-3-1-2-10(8-13)9-14-15(20)19-16(21)18-14/h1-9H,(H2,18,19,20,21)/b14-9+. The van der Waals surface area contributed by atoms with Crippen LogP contribution in [-0.2, 0) is 4.79 Å². The Balaban J connectivity index is 1.81. The lowest BCUT2D eigenvalue weighted by Gasteiger charge is -2.06. The molecule has 0 aliphatic carbocycles. The van der Waals surface area contributed by atoms with E-state index in [1.54, 1.807) is 54.6 Å². The number of halogens is 1. The molecule has 3 rings (SSSR count). The van der Waals surface area contributed by atoms with Crippen LogP contribution in [0.4, 0.5) is 4.79 Å². The van der Waals surface area contributed by atoms with Crippen molar-refractivity contribution in [3.05, 3.63) is 64.8 Å². The summed E-state index contributed by atoms with van der Waals surface area (Å²) in [5.74, 6) is 0.816. The zero-order valence-corrected chi connectivity index (χ0v) is 12.1. The van der Waals surface area contributed by atoms with E-state index in [-0.39, 0.29) is 5.70 Å². The molecule has 0 saturated carbocycles. The van der Waals surface area contributed by atoms with Gasteiger partial charge in [-0.05, 0) is 48.0 Å². The van der Waals surface area contributed by atoms with E-state index >= 15 is 0 Å². The summed E-state index contributed by atoms with van der Waals surface area (Å²) >= 11 is 5.82. The third-order valence-electron chi connectivity index (χ3n) is 2.94. The number of benzene rings is 2. The van der Waals surface area contributed by atoms with Crippen LogP contribution in [0.3, 0.4) is 0 Å². The molecule has 3 amide bonds. The quantitative estimate of drug-likeness (QED) is 0.674. The van der Waals surface area contributed by atoms with Crippen molar-refractivity contribution in [3.63, 3.8) is 0 Å². The smallest absolute Gasteiger partial charge is 0.326 e. The Bertz CT molecular complexity index is 769. The van der Waals surface area contributed by atoms with Crippen LogP contribution in [-0.4, -0.2) is 11.9 Å². The van der Waals surface area contributed by atoms with Crippen molar-refractivity contribution >= 4 is 29.6 Å². The second-order valence-corrected chi connectivity index (χ2v) is 5.03. The van der Waals surface area contributed by atoms with Crippen molar-refractivity contribution < 1.29 is 14.3 Å². The Kier molecular flexibility index (Phi) is 3.80. The summed E-state index contributed by atoms with van der Waals surface area (Å²) in [7, 11) is 0. The lowest BCUT2D eigenvalue weighted by molar-refractivity contribution is -0.115. The van der Waals surface area contributed by atoms with E-state index in [4.69, 9.17) is 16.3 Å². The molecule has 2 N–H and O–H groups in total. The van der Waals surface area contributed by atoms with E-state index in [0.717, 1.165) is 5.56 Å². The first kappa shape index (κ1) is 14.2. The Labute approximate surface area is 131 Å². The molecule has 2 aromatic carbocycles. The van der Waals surface area contributed by atoms with Crippen molar-refractivity contribution in [2.75, 3.05) is 0 Å². The van der Waals surface area contributed by atoms with Gasteiger partial charge in [-0.3, -0.25) is 10.1 Å². The van der Waals surface area contributed by atoms with Crippen LogP contribution in [0.25, 0.3) is 6.08 Å². The maximum absolute atomic E-state index is 11.5. The Morgan fingerprint density at radius 1 is 0.955 bits per heavy atom. The van der Waals surface area contributed by atoms with E-state index < -0.39 is 11.9 Å². The summed E-state index contributed by atoms with van der Waals surface area (Å²) in [5.41, 5.74) is 0.937. The second-order valence-electron chi connectivity index (χ2n) is 4.59. The molecule has 1 fully saturated rings. The average Bonchev–Trinajstić information content (AvgIpc) is 2.80. The summed E-state index contributed by atoms with van der Waals surface area (Å²) in [4.78, 5) is 22.6. The molecule has 2 aromatic rings. The van der Waals surface area contributed by atoms with Crippen LogP contribution in [0.5, 0.6) is 11.5 Å². The predicted molar refractivity (Wildman–Crippen MR) is 82.6 cm³/mol. The summed E-state index contributed by atoms with van der Waals surface area (Å²) < 4.78 is 5.71. The average molecular weight is 315 g/mol. The maximum atomic E-state index is 11.5. The Morgan fingerprint density at radius 2 is 1.73 bits per heavy atom. The molecule has 110 valence electrons. The van der Waals surface area contributed by atoms with E-state index in [0.29, 0.717) is 16.5 Å². The molecule has 1 aliphatic rings. The van der Waals surface area contributed by atoms with Crippen LogP contribution < -0.4 is 15.4 Å². The number of nitrogens with one attached hydrogen (secondary N) is 2. The number of carbonyl (C=O) groups is 2. The zero-order valence-electron chi connectivity index (χ0n) is 11.3. The zero-order chi connectivity index (χ0) is 15.5. The van der Waals surface area contributed by atoms with Gasteiger partial charge in [-0.1, -0.05) is 23.7 Å². The Morgan fingerprint density at radius 3 is 2.41 bits per heavy atom. The fraction of sp³-hybridized carbons (Fsp3) is 0. The summed E-state index contributed by atoms with van der Waals surface area (Å²) in [6.45, 7) is 0. The summed E-state index contributed by atoms with van der Waals surface area (Å²) in [6, 6.07) is 13.6. The van der Waals surface area contributed by atoms with Crippen molar-refractivity contribution in [3.8, 4) is 11.5 Å². The summed E-state index contributed by atoms with van der Waals surface area (Å²) in [5, 5.41) is 5.21. The van der Waals surface area contributed by atoms with E-state index in [2.05, 4.69) is 10.6 Å². The van der Waals surface area contributed by atoms with Gasteiger partial charge < -0.3 is 10.1 Å². The lowest BCUT2D eigenvalue weighted by atomic mass is 10.2. The van der Waals surface area contributed by atoms with Crippen molar-refractivity contribution in [2.45, 2.75) is 0 Å².